The van der Waals surface area contributed by atoms with Crippen molar-refractivity contribution in [2.75, 3.05) is 18.5 Å². The minimum Gasteiger partial charge on any atom is -0.372 e. The summed E-state index contributed by atoms with van der Waals surface area (Å²) >= 11 is 3.37. The molecule has 0 aliphatic heterocycles. The van der Waals surface area contributed by atoms with Crippen LogP contribution in [-0.4, -0.2) is 19.1 Å². The molecule has 0 heterocycles. The predicted molar refractivity (Wildman–Crippen MR) is 64.0 cm³/mol. The van der Waals surface area contributed by atoms with Crippen molar-refractivity contribution in [2.45, 2.75) is 13.8 Å². The Bertz CT molecular complexity index is 352. The van der Waals surface area contributed by atoms with Crippen molar-refractivity contribution in [3.05, 3.63) is 28.2 Å². The molecule has 0 radical (unpaired) electrons. The van der Waals surface area contributed by atoms with E-state index in [1.807, 2.05) is 32.0 Å². The average Bonchev–Trinajstić information content (AvgIpc) is 2.20. The number of nitrogens with one attached hydrogen (secondary N) is 1. The first kappa shape index (κ1) is 12.2. The first-order chi connectivity index (χ1) is 7.13. The van der Waals surface area contributed by atoms with Crippen molar-refractivity contribution in [3.8, 4) is 0 Å². The molecule has 3 nitrogen and oxygen atoms in total. The third kappa shape index (κ3) is 4.01. The lowest BCUT2D eigenvalue weighted by molar-refractivity contribution is -0.120. The standard InChI is InChI=1S/C11H14BrNO2/c1-3-15-7-11(14)13-10-6-8(2)4-5-9(10)12/h4-6H,3,7H2,1-2H3,(H,13,14). The molecule has 0 saturated carbocycles. The van der Waals surface area contributed by atoms with Crippen LogP contribution in [0.3, 0.4) is 0 Å². The normalized spacial score (nSPS) is 10.1. The van der Waals surface area contributed by atoms with Gasteiger partial charge in [-0.1, -0.05) is 6.07 Å². The highest BCUT2D eigenvalue weighted by Crippen LogP contribution is 2.23. The zero-order valence-electron chi connectivity index (χ0n) is 8.84. The van der Waals surface area contributed by atoms with E-state index < -0.39 is 0 Å². The van der Waals surface area contributed by atoms with Crippen molar-refractivity contribution in [1.82, 2.24) is 0 Å². The molecule has 15 heavy (non-hydrogen) atoms. The van der Waals surface area contributed by atoms with Gasteiger partial charge in [0.25, 0.3) is 0 Å². The molecule has 0 aliphatic carbocycles. The predicted octanol–water partition coefficient (Wildman–Crippen LogP) is 2.73. The van der Waals surface area contributed by atoms with Gasteiger partial charge in [0.2, 0.25) is 5.91 Å². The Hall–Kier alpha value is -0.870. The van der Waals surface area contributed by atoms with E-state index in [2.05, 4.69) is 21.2 Å². The van der Waals surface area contributed by atoms with Gasteiger partial charge in [-0.15, -0.1) is 0 Å². The molecule has 0 atom stereocenters. The summed E-state index contributed by atoms with van der Waals surface area (Å²) in [6, 6.07) is 5.79. The molecule has 1 amide bonds. The van der Waals surface area contributed by atoms with E-state index in [9.17, 15) is 4.79 Å². The zero-order chi connectivity index (χ0) is 11.3. The number of hydrogen-bond acceptors (Lipinski definition) is 2. The van der Waals surface area contributed by atoms with Gasteiger partial charge in [-0.25, -0.2) is 0 Å². The summed E-state index contributed by atoms with van der Waals surface area (Å²) in [6.07, 6.45) is 0. The van der Waals surface area contributed by atoms with Crippen LogP contribution in [0.1, 0.15) is 12.5 Å². The van der Waals surface area contributed by atoms with Crippen molar-refractivity contribution >= 4 is 27.5 Å². The molecule has 0 aliphatic rings. The number of amides is 1. The molecule has 0 bridgehead atoms. The smallest absolute Gasteiger partial charge is 0.250 e. The monoisotopic (exact) mass is 271 g/mol. The van der Waals surface area contributed by atoms with Crippen molar-refractivity contribution in [3.63, 3.8) is 0 Å². The number of hydrogen-bond donors (Lipinski definition) is 1. The highest BCUT2D eigenvalue weighted by atomic mass is 79.9. The largest absolute Gasteiger partial charge is 0.372 e. The van der Waals surface area contributed by atoms with E-state index in [1.54, 1.807) is 0 Å². The Balaban J connectivity index is 2.63. The third-order valence-electron chi connectivity index (χ3n) is 1.83. The Labute approximate surface area is 97.9 Å². The van der Waals surface area contributed by atoms with E-state index in [1.165, 1.54) is 0 Å². The van der Waals surface area contributed by atoms with E-state index in [0.29, 0.717) is 6.61 Å². The Morgan fingerprint density at radius 2 is 2.27 bits per heavy atom. The van der Waals surface area contributed by atoms with Crippen LogP contribution < -0.4 is 5.32 Å². The van der Waals surface area contributed by atoms with Crippen molar-refractivity contribution < 1.29 is 9.53 Å². The van der Waals surface area contributed by atoms with E-state index in [0.717, 1.165) is 15.7 Å². The lowest BCUT2D eigenvalue weighted by Gasteiger charge is -2.08. The van der Waals surface area contributed by atoms with Gasteiger partial charge in [-0.05, 0) is 47.5 Å². The topological polar surface area (TPSA) is 38.3 Å². The number of carbonyl (C=O) groups is 1. The molecule has 82 valence electrons. The van der Waals surface area contributed by atoms with Gasteiger partial charge in [0.1, 0.15) is 6.61 Å². The number of rotatable bonds is 4. The molecule has 0 spiro atoms. The van der Waals surface area contributed by atoms with Crippen LogP contribution in [0.4, 0.5) is 5.69 Å². The zero-order valence-corrected chi connectivity index (χ0v) is 10.4. The quantitative estimate of drug-likeness (QED) is 0.915. The van der Waals surface area contributed by atoms with Crippen LogP contribution in [0.5, 0.6) is 0 Å². The van der Waals surface area contributed by atoms with Gasteiger partial charge in [-0.3, -0.25) is 4.79 Å². The number of aryl methyl sites for hydroxylation is 1. The van der Waals surface area contributed by atoms with Crippen LogP contribution in [0, 0.1) is 6.92 Å². The molecule has 1 rings (SSSR count). The summed E-state index contributed by atoms with van der Waals surface area (Å²) in [7, 11) is 0. The Kier molecular flexibility index (Phi) is 4.78. The molecule has 0 saturated heterocycles. The maximum Gasteiger partial charge on any atom is 0.250 e. The van der Waals surface area contributed by atoms with E-state index in [-0.39, 0.29) is 12.5 Å². The van der Waals surface area contributed by atoms with Gasteiger partial charge in [0, 0.05) is 11.1 Å². The fraction of sp³-hybridized carbons (Fsp3) is 0.364. The SMILES string of the molecule is CCOCC(=O)Nc1cc(C)ccc1Br. The molecule has 0 fully saturated rings. The summed E-state index contributed by atoms with van der Waals surface area (Å²) in [6.45, 7) is 4.47. The first-order valence-electron chi connectivity index (χ1n) is 4.77. The number of benzene rings is 1. The molecule has 0 aromatic heterocycles. The fourth-order valence-corrected chi connectivity index (χ4v) is 1.46. The summed E-state index contributed by atoms with van der Waals surface area (Å²) in [5.41, 5.74) is 1.88. The maximum atomic E-state index is 11.4. The van der Waals surface area contributed by atoms with Crippen LogP contribution in [0.25, 0.3) is 0 Å². The van der Waals surface area contributed by atoms with Crippen LogP contribution >= 0.6 is 15.9 Å². The van der Waals surface area contributed by atoms with Crippen molar-refractivity contribution in [1.29, 1.82) is 0 Å². The van der Waals surface area contributed by atoms with E-state index in [4.69, 9.17) is 4.74 Å². The number of halogens is 1. The van der Waals surface area contributed by atoms with Gasteiger partial charge in [0.15, 0.2) is 0 Å². The minimum absolute atomic E-state index is 0.0941. The average molecular weight is 272 g/mol. The van der Waals surface area contributed by atoms with Gasteiger partial charge in [-0.2, -0.15) is 0 Å². The molecule has 4 heteroatoms. The lowest BCUT2D eigenvalue weighted by atomic mass is 10.2. The minimum atomic E-state index is -0.136. The second-order valence-electron chi connectivity index (χ2n) is 3.17. The highest BCUT2D eigenvalue weighted by molar-refractivity contribution is 9.10. The maximum absolute atomic E-state index is 11.4. The van der Waals surface area contributed by atoms with Crippen molar-refractivity contribution in [2.24, 2.45) is 0 Å². The Morgan fingerprint density at radius 3 is 2.93 bits per heavy atom. The van der Waals surface area contributed by atoms with Gasteiger partial charge < -0.3 is 10.1 Å². The lowest BCUT2D eigenvalue weighted by Crippen LogP contribution is -2.18. The second kappa shape index (κ2) is 5.88. The van der Waals surface area contributed by atoms with E-state index >= 15 is 0 Å². The van der Waals surface area contributed by atoms with Crippen LogP contribution in [0.2, 0.25) is 0 Å². The number of anilines is 1. The molecular weight excluding hydrogens is 258 g/mol. The molecule has 0 unspecified atom stereocenters. The number of ether oxygens (including phenoxy) is 1. The van der Waals surface area contributed by atoms with Gasteiger partial charge in [0.05, 0.1) is 5.69 Å². The molecular formula is C11H14BrNO2. The Morgan fingerprint density at radius 1 is 1.53 bits per heavy atom. The number of carbonyl (C=O) groups excluding carboxylic acids is 1. The summed E-state index contributed by atoms with van der Waals surface area (Å²) < 4.78 is 5.88. The highest BCUT2D eigenvalue weighted by Gasteiger charge is 2.05. The fourth-order valence-electron chi connectivity index (χ4n) is 1.12. The molecule has 1 N–H and O–H groups in total. The van der Waals surface area contributed by atoms with Crippen LogP contribution in [0.15, 0.2) is 22.7 Å². The molecule has 1 aromatic rings. The molecule has 1 aromatic carbocycles. The summed E-state index contributed by atoms with van der Waals surface area (Å²) in [5.74, 6) is -0.136. The second-order valence-corrected chi connectivity index (χ2v) is 4.02. The first-order valence-corrected chi connectivity index (χ1v) is 5.56. The van der Waals surface area contributed by atoms with Gasteiger partial charge >= 0.3 is 0 Å². The summed E-state index contributed by atoms with van der Waals surface area (Å²) in [5, 5.41) is 2.78. The van der Waals surface area contributed by atoms with Crippen LogP contribution in [-0.2, 0) is 9.53 Å². The third-order valence-corrected chi connectivity index (χ3v) is 2.52. The summed E-state index contributed by atoms with van der Waals surface area (Å²) in [4.78, 5) is 11.4.